The van der Waals surface area contributed by atoms with Gasteiger partial charge in [-0.25, -0.2) is 8.42 Å². The van der Waals surface area contributed by atoms with Crippen molar-refractivity contribution in [2.24, 2.45) is 0 Å². The minimum absolute atomic E-state index is 0.0157. The van der Waals surface area contributed by atoms with Gasteiger partial charge in [0.05, 0.1) is 5.02 Å². The summed E-state index contributed by atoms with van der Waals surface area (Å²) in [6.07, 6.45) is 0. The number of aryl methyl sites for hydroxylation is 1. The Kier molecular flexibility index (Phi) is 5.40. The van der Waals surface area contributed by atoms with Gasteiger partial charge >= 0.3 is 0 Å². The van der Waals surface area contributed by atoms with Crippen LogP contribution in [0.25, 0.3) is 0 Å². The zero-order valence-electron chi connectivity index (χ0n) is 14.5. The average Bonchev–Trinajstić information content (AvgIpc) is 2.59. The summed E-state index contributed by atoms with van der Waals surface area (Å²) in [6.45, 7) is 5.18. The van der Waals surface area contributed by atoms with E-state index < -0.39 is 15.8 Å². The first kappa shape index (κ1) is 19.3. The van der Waals surface area contributed by atoms with E-state index in [1.807, 2.05) is 38.1 Å². The molecule has 0 aliphatic carbocycles. The number of hydrogen-bond donors (Lipinski definition) is 1. The maximum absolute atomic E-state index is 13.0. The quantitative estimate of drug-likeness (QED) is 0.826. The van der Waals surface area contributed by atoms with E-state index in [1.165, 1.54) is 22.0 Å². The summed E-state index contributed by atoms with van der Waals surface area (Å²) in [6, 6.07) is 10.7. The first-order valence-electron chi connectivity index (χ1n) is 8.21. The molecule has 1 saturated heterocycles. The second-order valence-electron chi connectivity index (χ2n) is 6.48. The molecule has 1 unspecified atom stereocenters. The van der Waals surface area contributed by atoms with E-state index in [0.717, 1.165) is 5.69 Å². The van der Waals surface area contributed by atoms with Crippen molar-refractivity contribution in [3.05, 3.63) is 52.0 Å². The zero-order valence-corrected chi connectivity index (χ0v) is 16.8. The second-order valence-corrected chi connectivity index (χ2v) is 9.23. The number of hydrogen-bond acceptors (Lipinski definition) is 4. The number of halogens is 2. The molecule has 3 rings (SSSR count). The number of benzene rings is 2. The van der Waals surface area contributed by atoms with Gasteiger partial charge in [-0.05, 0) is 38.1 Å². The van der Waals surface area contributed by atoms with Gasteiger partial charge in [0.2, 0.25) is 10.0 Å². The van der Waals surface area contributed by atoms with Crippen LogP contribution in [0.3, 0.4) is 0 Å². The molecular weight excluding hydrogens is 395 g/mol. The number of aromatic hydroxyl groups is 1. The Morgan fingerprint density at radius 1 is 1.12 bits per heavy atom. The zero-order chi connectivity index (χ0) is 19.1. The molecule has 0 spiro atoms. The van der Waals surface area contributed by atoms with E-state index in [2.05, 4.69) is 4.90 Å². The summed E-state index contributed by atoms with van der Waals surface area (Å²) in [5.41, 5.74) is 2.24. The predicted octanol–water partition coefficient (Wildman–Crippen LogP) is 3.91. The molecule has 2 aromatic rings. The van der Waals surface area contributed by atoms with Crippen molar-refractivity contribution in [3.63, 3.8) is 0 Å². The van der Waals surface area contributed by atoms with E-state index in [-0.39, 0.29) is 21.0 Å². The lowest BCUT2D eigenvalue weighted by atomic mass is 10.1. The SMILES string of the molecule is Cc1ccc(N2CCN(S(=O)(=O)c3cc(Cl)cc(Cl)c3O)CC2C)cc1. The van der Waals surface area contributed by atoms with Crippen molar-refractivity contribution in [1.82, 2.24) is 4.31 Å². The Balaban J connectivity index is 1.85. The van der Waals surface area contributed by atoms with E-state index in [9.17, 15) is 13.5 Å². The molecule has 1 aliphatic rings. The van der Waals surface area contributed by atoms with Crippen LogP contribution in [0.1, 0.15) is 12.5 Å². The third-order valence-corrected chi connectivity index (χ3v) is 6.95. The average molecular weight is 415 g/mol. The number of piperazine rings is 1. The van der Waals surface area contributed by atoms with Crippen LogP contribution >= 0.6 is 23.2 Å². The smallest absolute Gasteiger partial charge is 0.246 e. The van der Waals surface area contributed by atoms with Gasteiger partial charge in [0.25, 0.3) is 0 Å². The van der Waals surface area contributed by atoms with Crippen molar-refractivity contribution >= 4 is 38.9 Å². The fourth-order valence-corrected chi connectivity index (χ4v) is 5.40. The van der Waals surface area contributed by atoms with Gasteiger partial charge in [-0.1, -0.05) is 40.9 Å². The number of nitrogens with zero attached hydrogens (tertiary/aromatic N) is 2. The fraction of sp³-hybridized carbons (Fsp3) is 0.333. The maximum atomic E-state index is 13.0. The molecular formula is C18H20Cl2N2O3S. The lowest BCUT2D eigenvalue weighted by Gasteiger charge is -2.40. The van der Waals surface area contributed by atoms with Crippen molar-refractivity contribution in [1.29, 1.82) is 0 Å². The van der Waals surface area contributed by atoms with Gasteiger partial charge < -0.3 is 10.0 Å². The highest BCUT2D eigenvalue weighted by molar-refractivity contribution is 7.89. The molecule has 5 nitrogen and oxygen atoms in total. The molecule has 1 aliphatic heterocycles. The minimum atomic E-state index is -3.90. The van der Waals surface area contributed by atoms with Gasteiger partial charge in [-0.2, -0.15) is 4.31 Å². The molecule has 0 amide bonds. The predicted molar refractivity (Wildman–Crippen MR) is 105 cm³/mol. The highest BCUT2D eigenvalue weighted by atomic mass is 35.5. The van der Waals surface area contributed by atoms with Crippen molar-refractivity contribution in [2.45, 2.75) is 24.8 Å². The van der Waals surface area contributed by atoms with Gasteiger partial charge in [0.1, 0.15) is 4.90 Å². The minimum Gasteiger partial charge on any atom is -0.505 e. The molecule has 1 N–H and O–H groups in total. The summed E-state index contributed by atoms with van der Waals surface area (Å²) in [5.74, 6) is -0.468. The normalized spacial score (nSPS) is 18.9. The van der Waals surface area contributed by atoms with Crippen LogP contribution in [0.15, 0.2) is 41.3 Å². The number of anilines is 1. The Labute approximate surface area is 163 Å². The van der Waals surface area contributed by atoms with Gasteiger partial charge in [0, 0.05) is 36.4 Å². The number of sulfonamides is 1. The molecule has 0 bridgehead atoms. The number of phenolic OH excluding ortho intramolecular Hbond substituents is 1. The van der Waals surface area contributed by atoms with Crippen LogP contribution in [-0.2, 0) is 10.0 Å². The van der Waals surface area contributed by atoms with Crippen LogP contribution in [0.2, 0.25) is 10.0 Å². The highest BCUT2D eigenvalue weighted by Gasteiger charge is 2.34. The summed E-state index contributed by atoms with van der Waals surface area (Å²) in [7, 11) is -3.90. The molecule has 1 heterocycles. The molecule has 0 aromatic heterocycles. The third kappa shape index (κ3) is 3.64. The summed E-state index contributed by atoms with van der Waals surface area (Å²) >= 11 is 11.8. The van der Waals surface area contributed by atoms with E-state index in [4.69, 9.17) is 23.2 Å². The van der Waals surface area contributed by atoms with E-state index >= 15 is 0 Å². The topological polar surface area (TPSA) is 60.9 Å². The van der Waals surface area contributed by atoms with Crippen molar-refractivity contribution in [2.75, 3.05) is 24.5 Å². The van der Waals surface area contributed by atoms with E-state index in [0.29, 0.717) is 19.6 Å². The van der Waals surface area contributed by atoms with Gasteiger partial charge in [-0.3, -0.25) is 0 Å². The molecule has 8 heteroatoms. The van der Waals surface area contributed by atoms with Crippen LogP contribution in [0.4, 0.5) is 5.69 Å². The first-order valence-corrected chi connectivity index (χ1v) is 10.4. The molecule has 1 atom stereocenters. The molecule has 26 heavy (non-hydrogen) atoms. The Bertz CT molecular complexity index is 917. The Morgan fingerprint density at radius 2 is 1.77 bits per heavy atom. The second kappa shape index (κ2) is 7.27. The Hall–Kier alpha value is -1.47. The number of phenols is 1. The van der Waals surface area contributed by atoms with Crippen LogP contribution in [0, 0.1) is 6.92 Å². The molecule has 140 valence electrons. The lowest BCUT2D eigenvalue weighted by Crippen LogP contribution is -2.53. The number of rotatable bonds is 3. The van der Waals surface area contributed by atoms with Crippen LogP contribution in [0.5, 0.6) is 5.75 Å². The van der Waals surface area contributed by atoms with Gasteiger partial charge in [0.15, 0.2) is 5.75 Å². The molecule has 1 fully saturated rings. The maximum Gasteiger partial charge on any atom is 0.246 e. The summed E-state index contributed by atoms with van der Waals surface area (Å²) in [5, 5.41) is 10.2. The third-order valence-electron chi connectivity index (χ3n) is 4.57. The van der Waals surface area contributed by atoms with Crippen LogP contribution < -0.4 is 4.90 Å². The summed E-state index contributed by atoms with van der Waals surface area (Å²) in [4.78, 5) is 1.92. The lowest BCUT2D eigenvalue weighted by molar-refractivity contribution is 0.340. The molecule has 0 radical (unpaired) electrons. The van der Waals surface area contributed by atoms with Crippen LogP contribution in [-0.4, -0.2) is 43.5 Å². The van der Waals surface area contributed by atoms with Crippen molar-refractivity contribution < 1.29 is 13.5 Å². The fourth-order valence-electron chi connectivity index (χ4n) is 3.14. The van der Waals surface area contributed by atoms with Crippen molar-refractivity contribution in [3.8, 4) is 5.75 Å². The monoisotopic (exact) mass is 414 g/mol. The summed E-state index contributed by atoms with van der Waals surface area (Å²) < 4.78 is 27.3. The van der Waals surface area contributed by atoms with E-state index in [1.54, 1.807) is 0 Å². The highest BCUT2D eigenvalue weighted by Crippen LogP contribution is 2.36. The standard InChI is InChI=1S/C18H20Cl2N2O3S/c1-12-3-5-15(6-4-12)22-8-7-21(11-13(22)2)26(24,25)17-10-14(19)9-16(20)18(17)23/h3-6,9-10,13,23H,7-8,11H2,1-2H3. The largest absolute Gasteiger partial charge is 0.505 e. The molecule has 2 aromatic carbocycles. The van der Waals surface area contributed by atoms with Gasteiger partial charge in [-0.15, -0.1) is 0 Å². The first-order chi connectivity index (χ1) is 12.2. The molecule has 0 saturated carbocycles. The Morgan fingerprint density at radius 3 is 2.38 bits per heavy atom.